The van der Waals surface area contributed by atoms with Gasteiger partial charge in [-0.1, -0.05) is 31.6 Å². The first-order valence-corrected chi connectivity index (χ1v) is 20.1. The summed E-state index contributed by atoms with van der Waals surface area (Å²) in [7, 11) is 0. The van der Waals surface area contributed by atoms with Crippen LogP contribution in [0.1, 0.15) is 55.4 Å². The standard InChI is InChI=1S/C40H48N6O9S2.Eu/c1-27(2)40(55)41-11-5-3-4-6-12-44(19-30-15-28(34-9-7-13-56-34)17-32(42-30)21-45(23-36(47)48)24-37(49)50)20-31-16-29(35-10-8-14-57-35)18-33(43-31)22-46(25-38(51)52)26-39(53)54;/h7-10,13-18H,1,3-6,11-12,19-26H2,2H3,(H,41,55)(H,47,48)(H,49,50)(H,51,52)(H,53,54);. The average molecular weight is 973 g/mol. The van der Waals surface area contributed by atoms with Gasteiger partial charge in [0.25, 0.3) is 0 Å². The third-order valence-corrected chi connectivity index (χ3v) is 10.4. The Kier molecular flexibility index (Phi) is 21.0. The van der Waals surface area contributed by atoms with E-state index >= 15 is 0 Å². The Morgan fingerprint density at radius 1 is 0.621 bits per heavy atom. The maximum absolute atomic E-state index is 11.9. The molecular formula is C40H48EuN6O9S2. The van der Waals surface area contributed by atoms with Gasteiger partial charge in [0.1, 0.15) is 0 Å². The van der Waals surface area contributed by atoms with Gasteiger partial charge in [0.05, 0.1) is 49.0 Å². The van der Waals surface area contributed by atoms with Crippen LogP contribution in [0.25, 0.3) is 20.9 Å². The topological polar surface area (TPSA) is 214 Å². The van der Waals surface area contributed by atoms with Crippen LogP contribution in [-0.2, 0) is 50.2 Å². The van der Waals surface area contributed by atoms with Crippen LogP contribution in [0.3, 0.4) is 0 Å². The number of rotatable bonds is 26. The number of carbonyl (C=O) groups is 5. The summed E-state index contributed by atoms with van der Waals surface area (Å²) in [6.07, 6.45) is 3.36. The number of pyridine rings is 2. The summed E-state index contributed by atoms with van der Waals surface area (Å²) in [6.45, 7) is 5.36. The second-order valence-corrected chi connectivity index (χ2v) is 15.6. The van der Waals surface area contributed by atoms with E-state index in [4.69, 9.17) is 9.97 Å². The van der Waals surface area contributed by atoms with Gasteiger partial charge in [0.2, 0.25) is 5.91 Å². The summed E-state index contributed by atoms with van der Waals surface area (Å²) in [5.74, 6) is -4.78. The quantitative estimate of drug-likeness (QED) is 0.0408. The van der Waals surface area contributed by atoms with Crippen molar-refractivity contribution in [2.45, 2.75) is 58.8 Å². The van der Waals surface area contributed by atoms with Crippen LogP contribution in [0, 0.1) is 49.4 Å². The van der Waals surface area contributed by atoms with Crippen LogP contribution in [0.2, 0.25) is 0 Å². The Morgan fingerprint density at radius 3 is 1.34 bits per heavy atom. The Hall–Kier alpha value is -3.75. The van der Waals surface area contributed by atoms with E-state index in [2.05, 4.69) is 16.8 Å². The Bertz CT molecular complexity index is 1840. The zero-order valence-electron chi connectivity index (χ0n) is 32.1. The predicted octanol–water partition coefficient (Wildman–Crippen LogP) is 5.13. The number of aromatic nitrogens is 2. The molecule has 4 aromatic heterocycles. The average Bonchev–Trinajstić information content (AvgIpc) is 3.86. The maximum Gasteiger partial charge on any atom is 0.317 e. The Balaban J connectivity index is 0.00000900. The zero-order valence-corrected chi connectivity index (χ0v) is 36.2. The first-order chi connectivity index (χ1) is 27.2. The molecule has 4 heterocycles. The summed E-state index contributed by atoms with van der Waals surface area (Å²) in [5.41, 5.74) is 4.60. The fraction of sp³-hybridized carbons (Fsp3) is 0.375. The zero-order chi connectivity index (χ0) is 41.3. The summed E-state index contributed by atoms with van der Waals surface area (Å²) >= 11 is 3.07. The van der Waals surface area contributed by atoms with Gasteiger partial charge in [0, 0.05) is 97.4 Å². The molecule has 1 radical (unpaired) electrons. The van der Waals surface area contributed by atoms with Crippen LogP contribution in [0.5, 0.6) is 0 Å². The van der Waals surface area contributed by atoms with Gasteiger partial charge in [0.15, 0.2) is 0 Å². The van der Waals surface area contributed by atoms with Crippen molar-refractivity contribution in [1.82, 2.24) is 30.0 Å². The van der Waals surface area contributed by atoms with Gasteiger partial charge in [-0.25, -0.2) is 0 Å². The molecule has 0 aliphatic heterocycles. The Morgan fingerprint density at radius 2 is 1.00 bits per heavy atom. The number of carboxylic acid groups (broad SMARTS) is 4. The van der Waals surface area contributed by atoms with Gasteiger partial charge in [-0.05, 0) is 84.6 Å². The van der Waals surface area contributed by atoms with Gasteiger partial charge in [-0.3, -0.25) is 48.6 Å². The van der Waals surface area contributed by atoms with Gasteiger partial charge in [-0.15, -0.1) is 22.7 Å². The van der Waals surface area contributed by atoms with E-state index < -0.39 is 50.1 Å². The maximum atomic E-state index is 11.9. The van der Waals surface area contributed by atoms with E-state index in [0.29, 0.717) is 54.5 Å². The number of hydrogen-bond acceptors (Lipinski definition) is 12. The van der Waals surface area contributed by atoms with Crippen molar-refractivity contribution < 1.29 is 93.8 Å². The van der Waals surface area contributed by atoms with E-state index in [-0.39, 0.29) is 68.4 Å². The molecule has 0 saturated carbocycles. The number of nitrogens with zero attached hydrogens (tertiary/aromatic N) is 5. The number of amides is 1. The molecule has 0 unspecified atom stereocenters. The number of aliphatic carboxylic acids is 4. The fourth-order valence-electron chi connectivity index (χ4n) is 6.19. The molecular weight excluding hydrogens is 925 g/mol. The molecule has 18 heteroatoms. The van der Waals surface area contributed by atoms with Crippen molar-refractivity contribution in [3.8, 4) is 20.9 Å². The number of hydrogen-bond donors (Lipinski definition) is 5. The molecule has 0 spiro atoms. The van der Waals surface area contributed by atoms with Crippen molar-refractivity contribution in [3.05, 3.63) is 94.2 Å². The smallest absolute Gasteiger partial charge is 0.317 e. The third-order valence-electron chi connectivity index (χ3n) is 8.53. The molecule has 15 nitrogen and oxygen atoms in total. The number of unbranched alkanes of at least 4 members (excludes halogenated alkanes) is 3. The SMILES string of the molecule is C=C(C)C(=O)NCCCCCCN(Cc1cc(-c2cccs2)cc(CN(CC(=O)O)CC(=O)O)n1)Cc1cc(-c2cccs2)cc(CN(CC(=O)O)CC(=O)O)n1.[Eu]. The van der Waals surface area contributed by atoms with E-state index in [1.165, 1.54) is 32.5 Å². The summed E-state index contributed by atoms with van der Waals surface area (Å²) in [4.78, 5) is 74.8. The molecule has 58 heavy (non-hydrogen) atoms. The van der Waals surface area contributed by atoms with E-state index in [1.807, 2.05) is 59.3 Å². The molecule has 5 N–H and O–H groups in total. The van der Waals surface area contributed by atoms with Gasteiger partial charge >= 0.3 is 23.9 Å². The number of carboxylic acids is 4. The van der Waals surface area contributed by atoms with Crippen molar-refractivity contribution >= 4 is 52.5 Å². The molecule has 1 amide bonds. The molecule has 0 atom stereocenters. The summed E-state index contributed by atoms with van der Waals surface area (Å²) < 4.78 is 0. The van der Waals surface area contributed by atoms with Crippen molar-refractivity contribution in [3.63, 3.8) is 0 Å². The molecule has 0 aromatic carbocycles. The fourth-order valence-corrected chi connectivity index (χ4v) is 7.62. The van der Waals surface area contributed by atoms with Crippen LogP contribution in [0.4, 0.5) is 0 Å². The van der Waals surface area contributed by atoms with E-state index in [0.717, 1.165) is 46.6 Å². The summed E-state index contributed by atoms with van der Waals surface area (Å²) in [6, 6.07) is 15.4. The molecule has 0 bridgehead atoms. The van der Waals surface area contributed by atoms with Crippen LogP contribution in [0.15, 0.2) is 71.4 Å². The van der Waals surface area contributed by atoms with E-state index in [9.17, 15) is 44.4 Å². The molecule has 0 fully saturated rings. The third kappa shape index (κ3) is 17.6. The molecule has 4 rings (SSSR count). The van der Waals surface area contributed by atoms with Crippen LogP contribution in [-0.4, -0.2) is 114 Å². The number of thiophene rings is 2. The molecule has 0 aliphatic carbocycles. The minimum Gasteiger partial charge on any atom is -0.480 e. The number of nitrogens with one attached hydrogen (secondary N) is 1. The minimum absolute atomic E-state index is 0. The first kappa shape index (κ1) is 48.6. The van der Waals surface area contributed by atoms with Crippen molar-refractivity contribution in [2.24, 2.45) is 0 Å². The van der Waals surface area contributed by atoms with Gasteiger partial charge in [-0.2, -0.15) is 0 Å². The second-order valence-electron chi connectivity index (χ2n) is 13.7. The molecule has 0 saturated heterocycles. The predicted molar refractivity (Wildman–Crippen MR) is 217 cm³/mol. The molecule has 0 aliphatic rings. The van der Waals surface area contributed by atoms with Crippen LogP contribution >= 0.6 is 22.7 Å². The minimum atomic E-state index is -1.15. The van der Waals surface area contributed by atoms with Crippen LogP contribution < -0.4 is 5.32 Å². The van der Waals surface area contributed by atoms with E-state index in [1.54, 1.807) is 6.92 Å². The normalized spacial score (nSPS) is 11.1. The first-order valence-electron chi connectivity index (χ1n) is 18.3. The largest absolute Gasteiger partial charge is 0.480 e. The van der Waals surface area contributed by atoms with Crippen molar-refractivity contribution in [2.75, 3.05) is 39.3 Å². The second kappa shape index (κ2) is 25.0. The van der Waals surface area contributed by atoms with Gasteiger partial charge < -0.3 is 25.7 Å². The van der Waals surface area contributed by atoms with Crippen molar-refractivity contribution in [1.29, 1.82) is 0 Å². The Labute approximate surface area is 386 Å². The molecule has 4 aromatic rings. The monoisotopic (exact) mass is 973 g/mol. The molecule has 311 valence electrons. The number of carbonyl (C=O) groups excluding carboxylic acids is 1. The summed E-state index contributed by atoms with van der Waals surface area (Å²) in [5, 5.41) is 44.6.